The van der Waals surface area contributed by atoms with Gasteiger partial charge in [0.2, 0.25) is 0 Å². The van der Waals surface area contributed by atoms with E-state index in [1.54, 1.807) is 37.4 Å². The number of ether oxygens (including phenoxy) is 1. The van der Waals surface area contributed by atoms with Crippen molar-refractivity contribution in [1.82, 2.24) is 9.80 Å². The number of anilines is 1. The van der Waals surface area contributed by atoms with Crippen LogP contribution in [0.1, 0.15) is 11.1 Å². The van der Waals surface area contributed by atoms with Crippen molar-refractivity contribution in [3.05, 3.63) is 64.3 Å². The molecule has 2 heterocycles. The third-order valence-electron chi connectivity index (χ3n) is 5.66. The number of amides is 2. The molecule has 0 bridgehead atoms. The van der Waals surface area contributed by atoms with Crippen molar-refractivity contribution >= 4 is 34.7 Å². The van der Waals surface area contributed by atoms with E-state index in [2.05, 4.69) is 11.9 Å². The van der Waals surface area contributed by atoms with E-state index >= 15 is 0 Å². The summed E-state index contributed by atoms with van der Waals surface area (Å²) in [4.78, 5) is 32.7. The number of hydrogen-bond acceptors (Lipinski definition) is 5. The number of piperazine rings is 1. The van der Waals surface area contributed by atoms with Gasteiger partial charge in [0.15, 0.2) is 0 Å². The lowest BCUT2D eigenvalue weighted by molar-refractivity contribution is -0.120. The van der Waals surface area contributed by atoms with Gasteiger partial charge in [-0.2, -0.15) is 0 Å². The fourth-order valence-corrected chi connectivity index (χ4v) is 4.17. The Hall–Kier alpha value is -2.83. The van der Waals surface area contributed by atoms with Crippen molar-refractivity contribution in [3.8, 4) is 5.75 Å². The number of methoxy groups -OCH3 is 1. The second-order valence-electron chi connectivity index (χ2n) is 7.62. The maximum atomic E-state index is 13.6. The minimum Gasteiger partial charge on any atom is -0.497 e. The van der Waals surface area contributed by atoms with Gasteiger partial charge >= 0.3 is 0 Å². The van der Waals surface area contributed by atoms with Crippen LogP contribution in [0.2, 0.25) is 5.02 Å². The van der Waals surface area contributed by atoms with Crippen LogP contribution >= 0.6 is 11.6 Å². The molecular formula is C23H24ClN3O3. The van der Waals surface area contributed by atoms with Crippen LogP contribution in [0.3, 0.4) is 0 Å². The molecule has 0 atom stereocenters. The molecule has 0 aromatic heterocycles. The van der Waals surface area contributed by atoms with Crippen molar-refractivity contribution in [1.29, 1.82) is 0 Å². The van der Waals surface area contributed by atoms with E-state index < -0.39 is 0 Å². The smallest absolute Gasteiger partial charge is 0.282 e. The van der Waals surface area contributed by atoms with E-state index in [1.807, 2.05) is 24.0 Å². The maximum Gasteiger partial charge on any atom is 0.282 e. The minimum atomic E-state index is -0.315. The molecule has 30 heavy (non-hydrogen) atoms. The fraction of sp³-hybridized carbons (Fsp3) is 0.304. The predicted octanol–water partition coefficient (Wildman–Crippen LogP) is 3.19. The summed E-state index contributed by atoms with van der Waals surface area (Å²) >= 11 is 6.09. The molecule has 2 aliphatic heterocycles. The lowest BCUT2D eigenvalue weighted by Crippen LogP contribution is -2.46. The van der Waals surface area contributed by atoms with E-state index in [-0.39, 0.29) is 11.8 Å². The number of hydrogen-bond donors (Lipinski definition) is 0. The highest BCUT2D eigenvalue weighted by Crippen LogP contribution is 2.37. The number of rotatable bonds is 4. The number of likely N-dealkylation sites (N-methyl/N-ethyl adjacent to an activating group) is 1. The Bertz CT molecular complexity index is 1020. The Labute approximate surface area is 181 Å². The average molecular weight is 426 g/mol. The second kappa shape index (κ2) is 8.13. The zero-order valence-corrected chi connectivity index (χ0v) is 18.1. The lowest BCUT2D eigenvalue weighted by Gasteiger charge is -2.34. The largest absolute Gasteiger partial charge is 0.497 e. The summed E-state index contributed by atoms with van der Waals surface area (Å²) in [6.45, 7) is 4.90. The molecular weight excluding hydrogens is 402 g/mol. The van der Waals surface area contributed by atoms with Gasteiger partial charge in [0.05, 0.1) is 18.4 Å². The van der Waals surface area contributed by atoms with Crippen molar-refractivity contribution in [2.24, 2.45) is 0 Å². The number of imide groups is 1. The first-order chi connectivity index (χ1) is 14.4. The maximum absolute atomic E-state index is 13.6. The monoisotopic (exact) mass is 425 g/mol. The molecule has 1 fully saturated rings. The Morgan fingerprint density at radius 2 is 1.60 bits per heavy atom. The van der Waals surface area contributed by atoms with Gasteiger partial charge in [0.25, 0.3) is 11.8 Å². The number of carbonyl (C=O) groups is 2. The van der Waals surface area contributed by atoms with E-state index in [9.17, 15) is 9.59 Å². The highest BCUT2D eigenvalue weighted by atomic mass is 35.5. The van der Waals surface area contributed by atoms with Gasteiger partial charge in [0, 0.05) is 31.2 Å². The predicted molar refractivity (Wildman–Crippen MR) is 118 cm³/mol. The van der Waals surface area contributed by atoms with Crippen LogP contribution < -0.4 is 9.64 Å². The van der Waals surface area contributed by atoms with Crippen LogP contribution in [0.4, 0.5) is 5.69 Å². The van der Waals surface area contributed by atoms with Gasteiger partial charge in [0.1, 0.15) is 11.4 Å². The quantitative estimate of drug-likeness (QED) is 0.704. The van der Waals surface area contributed by atoms with E-state index in [0.717, 1.165) is 18.7 Å². The molecule has 2 aliphatic rings. The Morgan fingerprint density at radius 3 is 2.20 bits per heavy atom. The molecule has 2 amide bonds. The fourth-order valence-electron chi connectivity index (χ4n) is 3.95. The van der Waals surface area contributed by atoms with Crippen molar-refractivity contribution in [3.63, 3.8) is 0 Å². The molecule has 1 saturated heterocycles. The highest BCUT2D eigenvalue weighted by Gasteiger charge is 2.43. The topological polar surface area (TPSA) is 53.1 Å². The molecule has 0 spiro atoms. The summed E-state index contributed by atoms with van der Waals surface area (Å²) in [5.41, 5.74) is 2.94. The molecule has 0 radical (unpaired) electrons. The highest BCUT2D eigenvalue weighted by molar-refractivity contribution is 6.45. The van der Waals surface area contributed by atoms with Crippen LogP contribution in [-0.4, -0.2) is 62.0 Å². The Balaban J connectivity index is 1.81. The van der Waals surface area contributed by atoms with Crippen LogP contribution in [0, 0.1) is 6.92 Å². The molecule has 0 unspecified atom stereocenters. The molecule has 156 valence electrons. The first-order valence-corrected chi connectivity index (χ1v) is 10.3. The van der Waals surface area contributed by atoms with Crippen molar-refractivity contribution in [2.75, 3.05) is 45.2 Å². The summed E-state index contributed by atoms with van der Waals surface area (Å²) in [6.07, 6.45) is 0. The van der Waals surface area contributed by atoms with E-state index in [4.69, 9.17) is 16.3 Å². The van der Waals surface area contributed by atoms with Crippen molar-refractivity contribution < 1.29 is 14.3 Å². The SMILES string of the molecule is COc1ccc(C2=C(N3CCN(C)CC3)C(=O)N(c3ccc(Cl)cc3C)C2=O)cc1. The molecule has 4 rings (SSSR count). The number of nitrogens with zero attached hydrogens (tertiary/aromatic N) is 3. The van der Waals surface area contributed by atoms with Crippen molar-refractivity contribution in [2.45, 2.75) is 6.92 Å². The number of halogens is 1. The third kappa shape index (κ3) is 3.57. The second-order valence-corrected chi connectivity index (χ2v) is 8.06. The first kappa shape index (κ1) is 20.4. The molecule has 7 heteroatoms. The third-order valence-corrected chi connectivity index (χ3v) is 5.89. The molecule has 2 aromatic carbocycles. The first-order valence-electron chi connectivity index (χ1n) is 9.88. The van der Waals surface area contributed by atoms with Crippen LogP contribution in [0.25, 0.3) is 5.57 Å². The minimum absolute atomic E-state index is 0.291. The van der Waals surface area contributed by atoms with Crippen LogP contribution in [0.5, 0.6) is 5.75 Å². The summed E-state index contributed by atoms with van der Waals surface area (Å²) in [5.74, 6) is 0.0907. The zero-order chi connectivity index (χ0) is 21.4. The summed E-state index contributed by atoms with van der Waals surface area (Å²) < 4.78 is 5.25. The molecule has 6 nitrogen and oxygen atoms in total. The van der Waals surface area contributed by atoms with Gasteiger partial charge in [-0.15, -0.1) is 0 Å². The van der Waals surface area contributed by atoms with Crippen LogP contribution in [-0.2, 0) is 9.59 Å². The zero-order valence-electron chi connectivity index (χ0n) is 17.3. The van der Waals surface area contributed by atoms with Crippen LogP contribution in [0.15, 0.2) is 48.2 Å². The number of carbonyl (C=O) groups excluding carboxylic acids is 2. The molecule has 0 aliphatic carbocycles. The standard InChI is InChI=1S/C23H24ClN3O3/c1-15-14-17(24)6-9-19(15)27-22(28)20(16-4-7-18(30-3)8-5-16)21(23(27)29)26-12-10-25(2)11-13-26/h4-9,14H,10-13H2,1-3H3. The van der Waals surface area contributed by atoms with E-state index in [1.165, 1.54) is 4.90 Å². The Kier molecular flexibility index (Phi) is 5.54. The summed E-state index contributed by atoms with van der Waals surface area (Å²) in [5, 5.41) is 0.568. The van der Waals surface area contributed by atoms with Gasteiger partial charge in [-0.1, -0.05) is 23.7 Å². The van der Waals surface area contributed by atoms with Gasteiger partial charge in [-0.25, -0.2) is 4.90 Å². The Morgan fingerprint density at radius 1 is 0.933 bits per heavy atom. The lowest BCUT2D eigenvalue weighted by atomic mass is 10.0. The van der Waals surface area contributed by atoms with Gasteiger partial charge in [-0.05, 0) is 55.4 Å². The van der Waals surface area contributed by atoms with Gasteiger partial charge < -0.3 is 14.5 Å². The van der Waals surface area contributed by atoms with Gasteiger partial charge in [-0.3, -0.25) is 9.59 Å². The van der Waals surface area contributed by atoms with E-state index in [0.29, 0.717) is 46.4 Å². The molecule has 0 N–H and O–H groups in total. The number of benzene rings is 2. The molecule has 2 aromatic rings. The summed E-state index contributed by atoms with van der Waals surface area (Å²) in [6, 6.07) is 12.5. The molecule has 0 saturated carbocycles. The normalized spacial score (nSPS) is 17.9. The average Bonchev–Trinajstić information content (AvgIpc) is 2.99. The summed E-state index contributed by atoms with van der Waals surface area (Å²) in [7, 11) is 3.65. The number of aryl methyl sites for hydroxylation is 1.